The predicted octanol–water partition coefficient (Wildman–Crippen LogP) is 1.44. The third-order valence-electron chi connectivity index (χ3n) is 3.88. The fraction of sp³-hybridized carbons (Fsp3) is 0.615. The summed E-state index contributed by atoms with van der Waals surface area (Å²) in [6, 6.07) is 0.922. The molecule has 1 aliphatic rings. The number of pyridine rings is 1. The number of halogens is 1. The molecule has 0 amide bonds. The molecule has 0 radical (unpaired) electrons. The van der Waals surface area contributed by atoms with Crippen molar-refractivity contribution in [2.45, 2.75) is 43.0 Å². The number of hydrogen-bond acceptors (Lipinski definition) is 4. The van der Waals surface area contributed by atoms with Gasteiger partial charge in [0.2, 0.25) is 10.0 Å². The number of nitrogens with zero attached hydrogens (tertiary/aromatic N) is 1. The molecule has 1 heterocycles. The second kappa shape index (κ2) is 5.75. The standard InChI is InChI=1S/C13H19FN2O3S/c1-10-2-4-13(9-17,5-3-10)16-20(18,19)12-6-11(14)7-15-8-12/h6-8,10,16-17H,2-5,9H2,1H3. The van der Waals surface area contributed by atoms with E-state index >= 15 is 0 Å². The molecule has 1 fully saturated rings. The van der Waals surface area contributed by atoms with E-state index < -0.39 is 21.4 Å². The number of nitrogens with one attached hydrogen (secondary N) is 1. The number of aromatic nitrogens is 1. The summed E-state index contributed by atoms with van der Waals surface area (Å²) in [4.78, 5) is 3.33. The summed E-state index contributed by atoms with van der Waals surface area (Å²) in [5.74, 6) is -0.182. The zero-order chi connectivity index (χ0) is 14.8. The van der Waals surface area contributed by atoms with Crippen LogP contribution in [-0.2, 0) is 10.0 Å². The largest absolute Gasteiger partial charge is 0.394 e. The Morgan fingerprint density at radius 2 is 2.10 bits per heavy atom. The first kappa shape index (κ1) is 15.3. The minimum absolute atomic E-state index is 0.219. The molecule has 2 N–H and O–H groups in total. The molecule has 1 aromatic rings. The fourth-order valence-electron chi connectivity index (χ4n) is 2.49. The van der Waals surface area contributed by atoms with E-state index in [4.69, 9.17) is 0 Å². The highest BCUT2D eigenvalue weighted by Crippen LogP contribution is 2.32. The topological polar surface area (TPSA) is 79.3 Å². The van der Waals surface area contributed by atoms with Crippen molar-refractivity contribution in [3.8, 4) is 0 Å². The van der Waals surface area contributed by atoms with Crippen molar-refractivity contribution in [3.05, 3.63) is 24.3 Å². The third-order valence-corrected chi connectivity index (χ3v) is 5.42. The lowest BCUT2D eigenvalue weighted by atomic mass is 9.78. The minimum Gasteiger partial charge on any atom is -0.394 e. The van der Waals surface area contributed by atoms with Crippen LogP contribution < -0.4 is 4.72 Å². The number of sulfonamides is 1. The van der Waals surface area contributed by atoms with Crippen molar-refractivity contribution in [3.63, 3.8) is 0 Å². The van der Waals surface area contributed by atoms with Crippen molar-refractivity contribution >= 4 is 10.0 Å². The summed E-state index contributed by atoms with van der Waals surface area (Å²) in [7, 11) is -3.88. The van der Waals surface area contributed by atoms with E-state index in [9.17, 15) is 17.9 Å². The molecule has 0 bridgehead atoms. The molecule has 2 rings (SSSR count). The van der Waals surface area contributed by atoms with Gasteiger partial charge in [0.05, 0.1) is 18.3 Å². The van der Waals surface area contributed by atoms with Crippen LogP contribution in [0.2, 0.25) is 0 Å². The van der Waals surface area contributed by atoms with Crippen LogP contribution in [0, 0.1) is 11.7 Å². The molecule has 0 spiro atoms. The van der Waals surface area contributed by atoms with Gasteiger partial charge in [-0.25, -0.2) is 17.5 Å². The Hall–Kier alpha value is -1.05. The van der Waals surface area contributed by atoms with Gasteiger partial charge in [-0.15, -0.1) is 0 Å². The highest BCUT2D eigenvalue weighted by atomic mass is 32.2. The zero-order valence-electron chi connectivity index (χ0n) is 11.3. The van der Waals surface area contributed by atoms with Crippen molar-refractivity contribution < 1.29 is 17.9 Å². The van der Waals surface area contributed by atoms with Crippen LogP contribution in [0.25, 0.3) is 0 Å². The van der Waals surface area contributed by atoms with Gasteiger partial charge in [-0.2, -0.15) is 0 Å². The molecular weight excluding hydrogens is 283 g/mol. The van der Waals surface area contributed by atoms with Crippen LogP contribution in [0.1, 0.15) is 32.6 Å². The molecular formula is C13H19FN2O3S. The zero-order valence-corrected chi connectivity index (χ0v) is 12.2. The van der Waals surface area contributed by atoms with Crippen LogP contribution in [-0.4, -0.2) is 30.7 Å². The molecule has 0 atom stereocenters. The van der Waals surface area contributed by atoms with Gasteiger partial charge < -0.3 is 5.11 Å². The average Bonchev–Trinajstić information content (AvgIpc) is 2.41. The number of aliphatic hydroxyl groups is 1. The van der Waals surface area contributed by atoms with Crippen molar-refractivity contribution in [1.29, 1.82) is 0 Å². The van der Waals surface area contributed by atoms with E-state index in [0.29, 0.717) is 18.8 Å². The third kappa shape index (κ3) is 3.34. The van der Waals surface area contributed by atoms with Crippen molar-refractivity contribution in [2.24, 2.45) is 5.92 Å². The highest BCUT2D eigenvalue weighted by Gasteiger charge is 2.37. The van der Waals surface area contributed by atoms with Crippen molar-refractivity contribution in [2.75, 3.05) is 6.61 Å². The fourth-order valence-corrected chi connectivity index (χ4v) is 3.91. The van der Waals surface area contributed by atoms with E-state index in [-0.39, 0.29) is 11.5 Å². The highest BCUT2D eigenvalue weighted by molar-refractivity contribution is 7.89. The molecule has 1 saturated carbocycles. The Labute approximate surface area is 118 Å². The first-order valence-electron chi connectivity index (χ1n) is 6.62. The summed E-state index contributed by atoms with van der Waals surface area (Å²) in [6.45, 7) is 1.84. The van der Waals surface area contributed by atoms with Crippen LogP contribution in [0.4, 0.5) is 4.39 Å². The molecule has 7 heteroatoms. The lowest BCUT2D eigenvalue weighted by Gasteiger charge is -2.38. The smallest absolute Gasteiger partial charge is 0.242 e. The van der Waals surface area contributed by atoms with Gasteiger partial charge in [-0.3, -0.25) is 4.98 Å². The molecule has 0 unspecified atom stereocenters. The van der Waals surface area contributed by atoms with Gasteiger partial charge in [0.1, 0.15) is 10.7 Å². The number of aliphatic hydroxyl groups excluding tert-OH is 1. The summed E-state index contributed by atoms with van der Waals surface area (Å²) in [5.41, 5.74) is -0.850. The first-order valence-corrected chi connectivity index (χ1v) is 8.11. The molecule has 0 aromatic carbocycles. The molecule has 20 heavy (non-hydrogen) atoms. The van der Waals surface area contributed by atoms with Gasteiger partial charge >= 0.3 is 0 Å². The van der Waals surface area contributed by atoms with Gasteiger partial charge in [-0.1, -0.05) is 6.92 Å². The van der Waals surface area contributed by atoms with E-state index in [2.05, 4.69) is 16.6 Å². The van der Waals surface area contributed by atoms with Crippen LogP contribution in [0.3, 0.4) is 0 Å². The lowest BCUT2D eigenvalue weighted by molar-refractivity contribution is 0.125. The van der Waals surface area contributed by atoms with E-state index in [0.717, 1.165) is 31.3 Å². The first-order chi connectivity index (χ1) is 9.37. The quantitative estimate of drug-likeness (QED) is 0.882. The Morgan fingerprint density at radius 1 is 1.45 bits per heavy atom. The lowest BCUT2D eigenvalue weighted by Crippen LogP contribution is -2.53. The number of rotatable bonds is 4. The second-order valence-electron chi connectivity index (χ2n) is 5.57. The van der Waals surface area contributed by atoms with Gasteiger partial charge in [0.15, 0.2) is 0 Å². The van der Waals surface area contributed by atoms with E-state index in [1.165, 1.54) is 0 Å². The molecule has 112 valence electrons. The summed E-state index contributed by atoms with van der Waals surface area (Å²) in [5, 5.41) is 9.58. The maximum absolute atomic E-state index is 13.1. The Balaban J connectivity index is 2.22. The Bertz CT molecular complexity index is 569. The summed E-state index contributed by atoms with van der Waals surface area (Å²) < 4.78 is 40.2. The average molecular weight is 302 g/mol. The van der Waals surface area contributed by atoms with E-state index in [1.807, 2.05) is 0 Å². The SMILES string of the molecule is CC1CCC(CO)(NS(=O)(=O)c2cncc(F)c2)CC1. The van der Waals surface area contributed by atoms with Crippen molar-refractivity contribution in [1.82, 2.24) is 9.71 Å². The Kier molecular flexibility index (Phi) is 4.41. The Morgan fingerprint density at radius 3 is 2.65 bits per heavy atom. The molecule has 5 nitrogen and oxygen atoms in total. The van der Waals surface area contributed by atoms with Gasteiger partial charge in [-0.05, 0) is 37.7 Å². The van der Waals surface area contributed by atoms with Crippen LogP contribution >= 0.6 is 0 Å². The monoisotopic (exact) mass is 302 g/mol. The normalized spacial score (nSPS) is 27.4. The minimum atomic E-state index is -3.88. The van der Waals surface area contributed by atoms with E-state index in [1.54, 1.807) is 0 Å². The molecule has 0 saturated heterocycles. The van der Waals surface area contributed by atoms with Gasteiger partial charge in [0, 0.05) is 6.20 Å². The maximum atomic E-state index is 13.1. The number of hydrogen-bond donors (Lipinski definition) is 2. The molecule has 0 aliphatic heterocycles. The van der Waals surface area contributed by atoms with Crippen LogP contribution in [0.15, 0.2) is 23.4 Å². The van der Waals surface area contributed by atoms with Crippen LogP contribution in [0.5, 0.6) is 0 Å². The predicted molar refractivity (Wildman–Crippen MR) is 72.0 cm³/mol. The summed E-state index contributed by atoms with van der Waals surface area (Å²) >= 11 is 0. The summed E-state index contributed by atoms with van der Waals surface area (Å²) in [6.07, 6.45) is 4.90. The molecule has 1 aromatic heterocycles. The molecule has 1 aliphatic carbocycles. The second-order valence-corrected chi connectivity index (χ2v) is 7.25. The van der Waals surface area contributed by atoms with Gasteiger partial charge in [0.25, 0.3) is 0 Å². The maximum Gasteiger partial charge on any atom is 0.242 e.